The minimum Gasteiger partial charge on any atom is -0.448 e. The van der Waals surface area contributed by atoms with Crippen LogP contribution in [0.15, 0.2) is 18.2 Å². The van der Waals surface area contributed by atoms with Gasteiger partial charge >= 0.3 is 11.9 Å². The maximum atomic E-state index is 12.4. The van der Waals surface area contributed by atoms with E-state index >= 15 is 0 Å². The zero-order valence-electron chi connectivity index (χ0n) is 17.3. The number of pyridine rings is 1. The lowest BCUT2D eigenvalue weighted by molar-refractivity contribution is -0.139. The van der Waals surface area contributed by atoms with Crippen LogP contribution in [0.3, 0.4) is 0 Å². The molecule has 2 fully saturated rings. The monoisotopic (exact) mass is 417 g/mol. The summed E-state index contributed by atoms with van der Waals surface area (Å²) in [7, 11) is 0. The Morgan fingerprint density at radius 3 is 1.50 bits per heavy atom. The summed E-state index contributed by atoms with van der Waals surface area (Å²) in [5.41, 5.74) is -0.215. The molecule has 0 saturated carbocycles. The molecule has 2 saturated heterocycles. The lowest BCUT2D eigenvalue weighted by Gasteiger charge is -2.20. The van der Waals surface area contributed by atoms with Crippen LogP contribution in [0.5, 0.6) is 0 Å². The summed E-state index contributed by atoms with van der Waals surface area (Å²) in [5.74, 6) is -2.09. The summed E-state index contributed by atoms with van der Waals surface area (Å²) in [6.07, 6.45) is 1.89. The fourth-order valence-corrected chi connectivity index (χ4v) is 3.59. The molecule has 0 bridgehead atoms. The molecule has 0 N–H and O–H groups in total. The van der Waals surface area contributed by atoms with E-state index in [1.54, 1.807) is 9.80 Å². The van der Waals surface area contributed by atoms with Crippen molar-refractivity contribution in [1.82, 2.24) is 14.8 Å². The summed E-state index contributed by atoms with van der Waals surface area (Å²) in [6, 6.07) is 4.26. The molecule has 1 aromatic heterocycles. The number of nitrogens with zero attached hydrogens (tertiary/aromatic N) is 3. The first kappa shape index (κ1) is 21.7. The van der Waals surface area contributed by atoms with Gasteiger partial charge in [0.1, 0.15) is 11.4 Å². The van der Waals surface area contributed by atoms with Crippen molar-refractivity contribution in [3.05, 3.63) is 29.6 Å². The van der Waals surface area contributed by atoms with Crippen LogP contribution in [0.4, 0.5) is 0 Å². The van der Waals surface area contributed by atoms with Gasteiger partial charge in [0.15, 0.2) is 12.2 Å². The number of likely N-dealkylation sites (tertiary alicyclic amines) is 2. The largest absolute Gasteiger partial charge is 0.448 e. The van der Waals surface area contributed by atoms with E-state index in [4.69, 9.17) is 9.47 Å². The van der Waals surface area contributed by atoms with Gasteiger partial charge in [-0.2, -0.15) is 0 Å². The van der Waals surface area contributed by atoms with Crippen LogP contribution in [0, 0.1) is 0 Å². The van der Waals surface area contributed by atoms with Crippen molar-refractivity contribution in [3.63, 3.8) is 0 Å². The smallest absolute Gasteiger partial charge is 0.357 e. The van der Waals surface area contributed by atoms with Crippen molar-refractivity contribution in [1.29, 1.82) is 0 Å². The molecule has 2 aliphatic heterocycles. The second kappa shape index (κ2) is 9.69. The maximum absolute atomic E-state index is 12.4. The molecular formula is C21H27N3O6. The number of hydrogen-bond donors (Lipinski definition) is 0. The van der Waals surface area contributed by atoms with Crippen LogP contribution in [0.2, 0.25) is 0 Å². The zero-order valence-corrected chi connectivity index (χ0v) is 17.3. The Bertz CT molecular complexity index is 751. The van der Waals surface area contributed by atoms with Crippen LogP contribution >= 0.6 is 0 Å². The van der Waals surface area contributed by atoms with E-state index in [0.717, 1.165) is 25.7 Å². The lowest BCUT2D eigenvalue weighted by Crippen LogP contribution is -2.38. The fourth-order valence-electron chi connectivity index (χ4n) is 3.59. The van der Waals surface area contributed by atoms with Crippen molar-refractivity contribution in [2.24, 2.45) is 0 Å². The molecule has 2 aliphatic rings. The first-order chi connectivity index (χ1) is 14.4. The van der Waals surface area contributed by atoms with Crippen LogP contribution in [-0.4, -0.2) is 76.9 Å². The van der Waals surface area contributed by atoms with E-state index in [-0.39, 0.29) is 23.2 Å². The molecule has 0 spiro atoms. The molecule has 162 valence electrons. The van der Waals surface area contributed by atoms with E-state index in [2.05, 4.69) is 4.98 Å². The second-order valence-corrected chi connectivity index (χ2v) is 7.57. The number of esters is 2. The number of hydrogen-bond acceptors (Lipinski definition) is 7. The zero-order chi connectivity index (χ0) is 21.7. The van der Waals surface area contributed by atoms with Gasteiger partial charge < -0.3 is 19.3 Å². The van der Waals surface area contributed by atoms with Crippen molar-refractivity contribution < 1.29 is 28.7 Å². The highest BCUT2D eigenvalue weighted by Crippen LogP contribution is 2.14. The Morgan fingerprint density at radius 1 is 0.767 bits per heavy atom. The van der Waals surface area contributed by atoms with E-state index in [0.29, 0.717) is 26.2 Å². The molecule has 1 aromatic rings. The minimum absolute atomic E-state index is 0.107. The van der Waals surface area contributed by atoms with Gasteiger partial charge in [0, 0.05) is 26.2 Å². The average Bonchev–Trinajstić information content (AvgIpc) is 3.46. The van der Waals surface area contributed by atoms with E-state index < -0.39 is 24.1 Å². The molecule has 3 rings (SSSR count). The van der Waals surface area contributed by atoms with Crippen molar-refractivity contribution in [3.8, 4) is 0 Å². The predicted octanol–water partition coefficient (Wildman–Crippen LogP) is 1.42. The van der Waals surface area contributed by atoms with Gasteiger partial charge in [-0.15, -0.1) is 0 Å². The van der Waals surface area contributed by atoms with E-state index in [1.165, 1.54) is 32.0 Å². The van der Waals surface area contributed by atoms with Crippen LogP contribution in [-0.2, 0) is 19.1 Å². The second-order valence-electron chi connectivity index (χ2n) is 7.57. The Kier molecular flexibility index (Phi) is 7.02. The highest BCUT2D eigenvalue weighted by atomic mass is 16.6. The van der Waals surface area contributed by atoms with Crippen molar-refractivity contribution >= 4 is 23.8 Å². The van der Waals surface area contributed by atoms with E-state index in [1.807, 2.05) is 0 Å². The van der Waals surface area contributed by atoms with Gasteiger partial charge in [-0.25, -0.2) is 14.6 Å². The summed E-state index contributed by atoms with van der Waals surface area (Å²) < 4.78 is 10.5. The molecule has 0 aromatic carbocycles. The standard InChI is InChI=1S/C21H27N3O6/c1-14(18(25)23-10-3-4-11-23)29-20(27)16-8-7-9-17(22-16)21(28)30-15(2)19(26)24-12-5-6-13-24/h7-9,14-15H,3-6,10-13H2,1-2H3/t14-,15+. The molecular weight excluding hydrogens is 390 g/mol. The van der Waals surface area contributed by atoms with Gasteiger partial charge in [0.25, 0.3) is 11.8 Å². The fraction of sp³-hybridized carbons (Fsp3) is 0.571. The third-order valence-corrected chi connectivity index (χ3v) is 5.27. The summed E-state index contributed by atoms with van der Waals surface area (Å²) in [4.78, 5) is 56.7. The molecule has 2 amide bonds. The SMILES string of the molecule is C[C@H](OC(=O)c1cccc(C(=O)O[C@H](C)C(=O)N2CCCC2)n1)C(=O)N1CCCC1. The minimum atomic E-state index is -0.939. The topological polar surface area (TPSA) is 106 Å². The van der Waals surface area contributed by atoms with Crippen LogP contribution in [0.1, 0.15) is 60.5 Å². The molecule has 3 heterocycles. The molecule has 0 unspecified atom stereocenters. The number of carbonyl (C=O) groups is 4. The lowest BCUT2D eigenvalue weighted by atomic mass is 10.3. The van der Waals surface area contributed by atoms with Crippen LogP contribution in [0.25, 0.3) is 0 Å². The Balaban J connectivity index is 1.58. The number of amides is 2. The van der Waals surface area contributed by atoms with Gasteiger partial charge in [-0.05, 0) is 51.7 Å². The molecule has 9 heteroatoms. The number of rotatable bonds is 6. The average molecular weight is 417 g/mol. The summed E-state index contributed by atoms with van der Waals surface area (Å²) >= 11 is 0. The van der Waals surface area contributed by atoms with Gasteiger partial charge in [0.05, 0.1) is 0 Å². The summed E-state index contributed by atoms with van der Waals surface area (Å²) in [6.45, 7) is 5.68. The van der Waals surface area contributed by atoms with Crippen molar-refractivity contribution in [2.45, 2.75) is 51.7 Å². The molecule has 2 atom stereocenters. The Hall–Kier alpha value is -2.97. The van der Waals surface area contributed by atoms with Gasteiger partial charge in [-0.1, -0.05) is 6.07 Å². The molecule has 0 aliphatic carbocycles. The van der Waals surface area contributed by atoms with E-state index in [9.17, 15) is 19.2 Å². The quantitative estimate of drug-likeness (QED) is 0.644. The number of ether oxygens (including phenoxy) is 2. The van der Waals surface area contributed by atoms with Gasteiger partial charge in [-0.3, -0.25) is 9.59 Å². The molecule has 9 nitrogen and oxygen atoms in total. The number of aromatic nitrogens is 1. The highest BCUT2D eigenvalue weighted by molar-refractivity contribution is 5.94. The normalized spacial score (nSPS) is 18.1. The molecule has 30 heavy (non-hydrogen) atoms. The predicted molar refractivity (Wildman–Crippen MR) is 106 cm³/mol. The summed E-state index contributed by atoms with van der Waals surface area (Å²) in [5, 5.41) is 0. The Labute approximate surface area is 175 Å². The molecule has 0 radical (unpaired) electrons. The van der Waals surface area contributed by atoms with Crippen molar-refractivity contribution in [2.75, 3.05) is 26.2 Å². The first-order valence-corrected chi connectivity index (χ1v) is 10.3. The third-order valence-electron chi connectivity index (χ3n) is 5.27. The first-order valence-electron chi connectivity index (χ1n) is 10.3. The van der Waals surface area contributed by atoms with Gasteiger partial charge in [0.2, 0.25) is 0 Å². The highest BCUT2D eigenvalue weighted by Gasteiger charge is 2.28. The Morgan fingerprint density at radius 2 is 1.13 bits per heavy atom. The third kappa shape index (κ3) is 5.14. The van der Waals surface area contributed by atoms with Crippen LogP contribution < -0.4 is 0 Å². The maximum Gasteiger partial charge on any atom is 0.357 e. The number of carbonyl (C=O) groups excluding carboxylic acids is 4.